The van der Waals surface area contributed by atoms with Crippen LogP contribution in [-0.2, 0) is 0 Å². The van der Waals surface area contributed by atoms with Crippen molar-refractivity contribution in [3.05, 3.63) is 0 Å². The van der Waals surface area contributed by atoms with E-state index in [2.05, 4.69) is 20.8 Å². The van der Waals surface area contributed by atoms with Crippen LogP contribution in [0.15, 0.2) is 0 Å². The predicted molar refractivity (Wildman–Crippen MR) is 51.3 cm³/mol. The molecule has 1 aliphatic carbocycles. The van der Waals surface area contributed by atoms with Gasteiger partial charge >= 0.3 is 0 Å². The van der Waals surface area contributed by atoms with Crippen LogP contribution in [-0.4, -0.2) is 5.71 Å². The van der Waals surface area contributed by atoms with Gasteiger partial charge in [0.05, 0.1) is 0 Å². The van der Waals surface area contributed by atoms with Gasteiger partial charge in [0, 0.05) is 5.71 Å². The fourth-order valence-electron chi connectivity index (χ4n) is 1.29. The Hall–Kier alpha value is -0.330. The summed E-state index contributed by atoms with van der Waals surface area (Å²) in [6.07, 6.45) is 5.95. The van der Waals surface area contributed by atoms with Crippen molar-refractivity contribution >= 4 is 5.71 Å². The lowest BCUT2D eigenvalue weighted by Crippen LogP contribution is -2.10. The summed E-state index contributed by atoms with van der Waals surface area (Å²) in [5.74, 6) is 0.788. The molecular formula is C10H21N. The lowest BCUT2D eigenvalue weighted by atomic mass is 9.89. The van der Waals surface area contributed by atoms with Gasteiger partial charge in [-0.15, -0.1) is 0 Å². The van der Waals surface area contributed by atoms with Gasteiger partial charge in [-0.05, 0) is 31.6 Å². The van der Waals surface area contributed by atoms with Crippen molar-refractivity contribution in [1.82, 2.24) is 0 Å². The molecule has 0 heterocycles. The maximum atomic E-state index is 7.32. The van der Waals surface area contributed by atoms with Crippen LogP contribution in [0.1, 0.15) is 52.9 Å². The first-order valence-electron chi connectivity index (χ1n) is 4.77. The van der Waals surface area contributed by atoms with Crippen molar-refractivity contribution in [2.24, 2.45) is 5.92 Å². The van der Waals surface area contributed by atoms with Crippen molar-refractivity contribution in [3.63, 3.8) is 0 Å². The van der Waals surface area contributed by atoms with Gasteiger partial charge < -0.3 is 5.41 Å². The molecule has 1 N–H and O–H groups in total. The summed E-state index contributed by atoms with van der Waals surface area (Å²) in [5, 5.41) is 7.32. The first-order valence-corrected chi connectivity index (χ1v) is 4.77. The summed E-state index contributed by atoms with van der Waals surface area (Å²) in [5.41, 5.74) is 0.962. The Bertz CT molecular complexity index is 107. The summed E-state index contributed by atoms with van der Waals surface area (Å²) in [6.45, 7) is 6.48. The van der Waals surface area contributed by atoms with Crippen LogP contribution in [0.4, 0.5) is 0 Å². The highest BCUT2D eigenvalue weighted by Gasteiger charge is 2.11. The summed E-state index contributed by atoms with van der Waals surface area (Å²) < 4.78 is 0. The molecule has 1 rings (SSSR count). The van der Waals surface area contributed by atoms with E-state index in [4.69, 9.17) is 5.41 Å². The number of hydrogen-bond acceptors (Lipinski definition) is 1. The van der Waals surface area contributed by atoms with Crippen LogP contribution in [0.5, 0.6) is 0 Å². The minimum absolute atomic E-state index is 0.788. The number of rotatable bonds is 0. The van der Waals surface area contributed by atoms with E-state index in [0.29, 0.717) is 0 Å². The Morgan fingerprint density at radius 2 is 2.00 bits per heavy atom. The second-order valence-corrected chi connectivity index (χ2v) is 3.51. The van der Waals surface area contributed by atoms with Gasteiger partial charge in [-0.2, -0.15) is 0 Å². The smallest absolute Gasteiger partial charge is 0.00918 e. The zero-order valence-electron chi connectivity index (χ0n) is 8.11. The van der Waals surface area contributed by atoms with Gasteiger partial charge in [0.25, 0.3) is 0 Å². The fraction of sp³-hybridized carbons (Fsp3) is 0.900. The third kappa shape index (κ3) is 6.08. The Kier molecular flexibility index (Phi) is 6.19. The molecule has 0 amide bonds. The molecular weight excluding hydrogens is 134 g/mol. The average molecular weight is 155 g/mol. The van der Waals surface area contributed by atoms with Gasteiger partial charge in [0.2, 0.25) is 0 Å². The second-order valence-electron chi connectivity index (χ2n) is 3.51. The van der Waals surface area contributed by atoms with Crippen LogP contribution < -0.4 is 0 Å². The van der Waals surface area contributed by atoms with E-state index in [1.165, 1.54) is 19.3 Å². The van der Waals surface area contributed by atoms with Crippen molar-refractivity contribution in [2.45, 2.75) is 52.9 Å². The molecule has 1 aliphatic rings. The Morgan fingerprint density at radius 1 is 1.45 bits per heavy atom. The summed E-state index contributed by atoms with van der Waals surface area (Å²) >= 11 is 0. The van der Waals surface area contributed by atoms with Gasteiger partial charge in [-0.3, -0.25) is 0 Å². The highest BCUT2D eigenvalue weighted by molar-refractivity contribution is 5.82. The number of hydrogen-bond donors (Lipinski definition) is 1. The highest BCUT2D eigenvalue weighted by Crippen LogP contribution is 2.19. The second kappa shape index (κ2) is 6.38. The summed E-state index contributed by atoms with van der Waals surface area (Å²) in [4.78, 5) is 0. The Morgan fingerprint density at radius 3 is 2.27 bits per heavy atom. The molecule has 0 radical (unpaired) electrons. The first-order chi connectivity index (χ1) is 5.20. The zero-order chi connectivity index (χ0) is 8.69. The summed E-state index contributed by atoms with van der Waals surface area (Å²) in [6, 6.07) is 0. The largest absolute Gasteiger partial charge is 0.310 e. The standard InChI is InChI=1S/C7H13N.C3H8/c1-6-3-2-4-7(8)5-6;1-3-2/h6,8H,2-5H2,1H3;3H2,1-2H3. The Labute approximate surface area is 70.7 Å². The van der Waals surface area contributed by atoms with Gasteiger partial charge in [-0.1, -0.05) is 27.2 Å². The maximum Gasteiger partial charge on any atom is 0.00918 e. The van der Waals surface area contributed by atoms with Gasteiger partial charge in [0.1, 0.15) is 0 Å². The normalized spacial score (nSPS) is 23.9. The third-order valence-electron chi connectivity index (χ3n) is 1.77. The van der Waals surface area contributed by atoms with Crippen LogP contribution in [0.2, 0.25) is 0 Å². The van der Waals surface area contributed by atoms with Crippen molar-refractivity contribution < 1.29 is 0 Å². The van der Waals surface area contributed by atoms with E-state index in [9.17, 15) is 0 Å². The van der Waals surface area contributed by atoms with Crippen LogP contribution >= 0.6 is 0 Å². The van der Waals surface area contributed by atoms with Gasteiger partial charge in [-0.25, -0.2) is 0 Å². The molecule has 0 aromatic carbocycles. The van der Waals surface area contributed by atoms with Crippen molar-refractivity contribution in [3.8, 4) is 0 Å². The molecule has 66 valence electrons. The molecule has 0 aromatic rings. The van der Waals surface area contributed by atoms with E-state index >= 15 is 0 Å². The first kappa shape index (κ1) is 10.7. The molecule has 0 spiro atoms. The van der Waals surface area contributed by atoms with E-state index in [0.717, 1.165) is 24.5 Å². The average Bonchev–Trinajstić information content (AvgIpc) is 1.88. The predicted octanol–water partition coefficient (Wildman–Crippen LogP) is 3.63. The number of nitrogens with one attached hydrogen (secondary N) is 1. The molecule has 0 aliphatic heterocycles. The van der Waals surface area contributed by atoms with Crippen LogP contribution in [0.25, 0.3) is 0 Å². The SMILES string of the molecule is CC1CCCC(=N)C1.CCC. The lowest BCUT2D eigenvalue weighted by molar-refractivity contribution is 0.498. The van der Waals surface area contributed by atoms with Gasteiger partial charge in [0.15, 0.2) is 0 Å². The van der Waals surface area contributed by atoms with E-state index in [1.807, 2.05) is 0 Å². The summed E-state index contributed by atoms with van der Waals surface area (Å²) in [7, 11) is 0. The molecule has 1 atom stereocenters. The van der Waals surface area contributed by atoms with Crippen molar-refractivity contribution in [1.29, 1.82) is 5.41 Å². The highest BCUT2D eigenvalue weighted by atomic mass is 14.4. The lowest BCUT2D eigenvalue weighted by Gasteiger charge is -2.17. The molecule has 1 saturated carbocycles. The van der Waals surface area contributed by atoms with Crippen LogP contribution in [0, 0.1) is 11.3 Å². The quantitative estimate of drug-likeness (QED) is 0.552. The molecule has 0 aromatic heterocycles. The topological polar surface area (TPSA) is 23.9 Å². The Balaban J connectivity index is 0.000000292. The maximum absolute atomic E-state index is 7.32. The fourth-order valence-corrected chi connectivity index (χ4v) is 1.29. The van der Waals surface area contributed by atoms with E-state index in [1.54, 1.807) is 0 Å². The molecule has 1 heteroatoms. The monoisotopic (exact) mass is 155 g/mol. The molecule has 11 heavy (non-hydrogen) atoms. The van der Waals surface area contributed by atoms with E-state index in [-0.39, 0.29) is 0 Å². The van der Waals surface area contributed by atoms with E-state index < -0.39 is 0 Å². The molecule has 0 bridgehead atoms. The zero-order valence-corrected chi connectivity index (χ0v) is 8.11. The third-order valence-corrected chi connectivity index (χ3v) is 1.77. The molecule has 1 fully saturated rings. The minimum Gasteiger partial charge on any atom is -0.310 e. The van der Waals surface area contributed by atoms with Crippen LogP contribution in [0.3, 0.4) is 0 Å². The minimum atomic E-state index is 0.788. The molecule has 1 nitrogen and oxygen atoms in total. The molecule has 0 saturated heterocycles. The molecule has 1 unspecified atom stereocenters. The van der Waals surface area contributed by atoms with Crippen molar-refractivity contribution in [2.75, 3.05) is 0 Å².